The molecule has 0 aliphatic heterocycles. The molecule has 0 amide bonds. The van der Waals surface area contributed by atoms with Crippen molar-refractivity contribution in [3.63, 3.8) is 0 Å². The van der Waals surface area contributed by atoms with Gasteiger partial charge in [0.15, 0.2) is 0 Å². The van der Waals surface area contributed by atoms with Gasteiger partial charge >= 0.3 is 5.97 Å². The number of hydrogen-bond donors (Lipinski definition) is 3. The molecule has 15 heavy (non-hydrogen) atoms. The highest BCUT2D eigenvalue weighted by molar-refractivity contribution is 6.35. The molecule has 1 atom stereocenters. The van der Waals surface area contributed by atoms with Crippen LogP contribution in [0.15, 0.2) is 24.4 Å². The number of rotatable bonds is 2. The first-order valence-corrected chi connectivity index (χ1v) is 4.73. The Bertz CT molecular complexity index is 521. The van der Waals surface area contributed by atoms with Crippen LogP contribution in [0.3, 0.4) is 0 Å². The first-order valence-electron chi connectivity index (χ1n) is 4.35. The summed E-state index contributed by atoms with van der Waals surface area (Å²) in [4.78, 5) is 13.7. The fourth-order valence-corrected chi connectivity index (χ4v) is 1.76. The number of carboxylic acids is 1. The molecule has 5 heteroatoms. The number of para-hydroxylation sites is 1. The number of halogens is 1. The highest BCUT2D eigenvalue weighted by atomic mass is 35.5. The summed E-state index contributed by atoms with van der Waals surface area (Å²) in [6.45, 7) is 0. The molecule has 78 valence electrons. The summed E-state index contributed by atoms with van der Waals surface area (Å²) in [7, 11) is 0. The van der Waals surface area contributed by atoms with Gasteiger partial charge in [-0.15, -0.1) is 0 Å². The molecule has 0 fully saturated rings. The second-order valence-electron chi connectivity index (χ2n) is 3.22. The molecule has 2 aromatic rings. The van der Waals surface area contributed by atoms with E-state index in [-0.39, 0.29) is 0 Å². The first-order chi connectivity index (χ1) is 7.11. The van der Waals surface area contributed by atoms with Crippen LogP contribution in [0, 0.1) is 0 Å². The average Bonchev–Trinajstić information content (AvgIpc) is 2.61. The Morgan fingerprint density at radius 3 is 2.93 bits per heavy atom. The van der Waals surface area contributed by atoms with Crippen LogP contribution < -0.4 is 5.73 Å². The van der Waals surface area contributed by atoms with Crippen molar-refractivity contribution in [3.05, 3.63) is 35.0 Å². The summed E-state index contributed by atoms with van der Waals surface area (Å²) in [6.07, 6.45) is 1.58. The van der Waals surface area contributed by atoms with Gasteiger partial charge in [-0.25, -0.2) is 0 Å². The zero-order chi connectivity index (χ0) is 11.0. The lowest BCUT2D eigenvalue weighted by Crippen LogP contribution is -2.20. The molecule has 4 nitrogen and oxygen atoms in total. The number of fused-ring (bicyclic) bond motifs is 1. The predicted molar refractivity (Wildman–Crippen MR) is 57.9 cm³/mol. The van der Waals surface area contributed by atoms with Gasteiger partial charge in [-0.2, -0.15) is 0 Å². The lowest BCUT2D eigenvalue weighted by Gasteiger charge is -2.04. The number of hydrogen-bond acceptors (Lipinski definition) is 2. The van der Waals surface area contributed by atoms with Gasteiger partial charge in [-0.3, -0.25) is 4.79 Å². The number of H-pyrrole nitrogens is 1. The molecule has 0 aliphatic carbocycles. The summed E-state index contributed by atoms with van der Waals surface area (Å²) in [6, 6.07) is 4.25. The fourth-order valence-electron chi connectivity index (χ4n) is 1.53. The fraction of sp³-hybridized carbons (Fsp3) is 0.100. The molecule has 4 N–H and O–H groups in total. The predicted octanol–water partition coefficient (Wildman–Crippen LogP) is 1.91. The Morgan fingerprint density at radius 1 is 1.53 bits per heavy atom. The molecule has 1 heterocycles. The topological polar surface area (TPSA) is 79.1 Å². The van der Waals surface area contributed by atoms with Gasteiger partial charge < -0.3 is 15.8 Å². The number of aliphatic carboxylic acids is 1. The zero-order valence-corrected chi connectivity index (χ0v) is 8.45. The summed E-state index contributed by atoms with van der Waals surface area (Å²) >= 11 is 5.94. The lowest BCUT2D eigenvalue weighted by atomic mass is 10.1. The van der Waals surface area contributed by atoms with Crippen molar-refractivity contribution in [2.75, 3.05) is 0 Å². The van der Waals surface area contributed by atoms with Crippen LogP contribution in [0.4, 0.5) is 0 Å². The van der Waals surface area contributed by atoms with Gasteiger partial charge in [0.25, 0.3) is 0 Å². The maximum Gasteiger partial charge on any atom is 0.325 e. The largest absolute Gasteiger partial charge is 0.480 e. The second kappa shape index (κ2) is 3.56. The smallest absolute Gasteiger partial charge is 0.325 e. The average molecular weight is 225 g/mol. The summed E-state index contributed by atoms with van der Waals surface area (Å²) < 4.78 is 0. The molecule has 0 bridgehead atoms. The van der Waals surface area contributed by atoms with Crippen molar-refractivity contribution >= 4 is 28.5 Å². The zero-order valence-electron chi connectivity index (χ0n) is 7.70. The standard InChI is InChI=1S/C10H9ClN2O2/c11-7-3-1-2-5-6(4-13-9(5)7)8(12)10(14)15/h1-4,8,13H,12H2,(H,14,15). The van der Waals surface area contributed by atoms with E-state index in [1.165, 1.54) is 0 Å². The summed E-state index contributed by atoms with van der Waals surface area (Å²) in [5.74, 6) is -1.06. The highest BCUT2D eigenvalue weighted by Crippen LogP contribution is 2.27. The minimum absolute atomic E-state index is 0.542. The van der Waals surface area contributed by atoms with E-state index in [1.54, 1.807) is 24.4 Å². The van der Waals surface area contributed by atoms with Crippen LogP contribution in [0.25, 0.3) is 10.9 Å². The molecule has 0 spiro atoms. The molecular formula is C10H9ClN2O2. The number of carboxylic acid groups (broad SMARTS) is 1. The van der Waals surface area contributed by atoms with Crippen molar-refractivity contribution in [3.8, 4) is 0 Å². The SMILES string of the molecule is NC(C(=O)O)c1c[nH]c2c(Cl)cccc12. The van der Waals surface area contributed by atoms with Crippen molar-refractivity contribution < 1.29 is 9.90 Å². The van der Waals surface area contributed by atoms with Crippen molar-refractivity contribution in [1.29, 1.82) is 0 Å². The van der Waals surface area contributed by atoms with Gasteiger partial charge in [-0.05, 0) is 6.07 Å². The third kappa shape index (κ3) is 1.58. The number of aromatic amines is 1. The third-order valence-electron chi connectivity index (χ3n) is 2.30. The molecule has 0 saturated heterocycles. The van der Waals surface area contributed by atoms with E-state index < -0.39 is 12.0 Å². The van der Waals surface area contributed by atoms with Crippen LogP contribution in [-0.4, -0.2) is 16.1 Å². The van der Waals surface area contributed by atoms with Gasteiger partial charge in [0.05, 0.1) is 10.5 Å². The molecule has 0 aliphatic rings. The second-order valence-corrected chi connectivity index (χ2v) is 3.63. The Kier molecular flexibility index (Phi) is 2.38. The van der Waals surface area contributed by atoms with E-state index in [9.17, 15) is 4.79 Å². The Balaban J connectivity index is 2.64. The van der Waals surface area contributed by atoms with E-state index in [1.807, 2.05) is 0 Å². The number of aromatic nitrogens is 1. The van der Waals surface area contributed by atoms with Crippen LogP contribution in [0.5, 0.6) is 0 Å². The number of nitrogens with one attached hydrogen (secondary N) is 1. The van der Waals surface area contributed by atoms with Gasteiger partial charge in [0.1, 0.15) is 6.04 Å². The lowest BCUT2D eigenvalue weighted by molar-refractivity contribution is -0.138. The molecule has 0 radical (unpaired) electrons. The van der Waals surface area contributed by atoms with E-state index in [0.29, 0.717) is 16.1 Å². The van der Waals surface area contributed by atoms with E-state index in [4.69, 9.17) is 22.4 Å². The quantitative estimate of drug-likeness (QED) is 0.729. The van der Waals surface area contributed by atoms with E-state index >= 15 is 0 Å². The van der Waals surface area contributed by atoms with E-state index in [0.717, 1.165) is 5.39 Å². The maximum atomic E-state index is 10.8. The minimum atomic E-state index is -1.06. The van der Waals surface area contributed by atoms with Crippen LogP contribution >= 0.6 is 11.6 Å². The number of nitrogens with two attached hydrogens (primary N) is 1. The van der Waals surface area contributed by atoms with Crippen molar-refractivity contribution in [1.82, 2.24) is 4.98 Å². The number of carbonyl (C=O) groups is 1. The first kappa shape index (κ1) is 10.0. The highest BCUT2D eigenvalue weighted by Gasteiger charge is 2.18. The van der Waals surface area contributed by atoms with Crippen molar-refractivity contribution in [2.24, 2.45) is 5.73 Å². The summed E-state index contributed by atoms with van der Waals surface area (Å²) in [5.41, 5.74) is 6.79. The Morgan fingerprint density at radius 2 is 2.27 bits per heavy atom. The summed E-state index contributed by atoms with van der Waals surface area (Å²) in [5, 5.41) is 10.1. The van der Waals surface area contributed by atoms with Crippen LogP contribution in [0.2, 0.25) is 5.02 Å². The molecular weight excluding hydrogens is 216 g/mol. The normalized spacial score (nSPS) is 12.9. The minimum Gasteiger partial charge on any atom is -0.480 e. The van der Waals surface area contributed by atoms with Crippen LogP contribution in [-0.2, 0) is 4.79 Å². The Hall–Kier alpha value is -1.52. The molecule has 1 aromatic heterocycles. The molecule has 2 rings (SSSR count). The maximum absolute atomic E-state index is 10.8. The molecule has 1 unspecified atom stereocenters. The van der Waals surface area contributed by atoms with Crippen molar-refractivity contribution in [2.45, 2.75) is 6.04 Å². The van der Waals surface area contributed by atoms with Gasteiger partial charge in [0.2, 0.25) is 0 Å². The van der Waals surface area contributed by atoms with Gasteiger partial charge in [0, 0.05) is 17.1 Å². The molecule has 0 saturated carbocycles. The molecule has 1 aromatic carbocycles. The number of benzene rings is 1. The van der Waals surface area contributed by atoms with Gasteiger partial charge in [-0.1, -0.05) is 23.7 Å². The van der Waals surface area contributed by atoms with E-state index in [2.05, 4.69) is 4.98 Å². The Labute approximate surface area is 90.7 Å². The monoisotopic (exact) mass is 224 g/mol. The third-order valence-corrected chi connectivity index (χ3v) is 2.61. The van der Waals surface area contributed by atoms with Crippen LogP contribution in [0.1, 0.15) is 11.6 Å².